The maximum absolute atomic E-state index is 13.0. The van der Waals surface area contributed by atoms with Gasteiger partial charge in [0.2, 0.25) is 0 Å². The van der Waals surface area contributed by atoms with E-state index in [0.29, 0.717) is 12.4 Å². The normalized spacial score (nSPS) is 10.5. The Kier molecular flexibility index (Phi) is 3.29. The van der Waals surface area contributed by atoms with Crippen molar-refractivity contribution in [2.24, 2.45) is 0 Å². The zero-order valence-corrected chi connectivity index (χ0v) is 8.01. The summed E-state index contributed by atoms with van der Waals surface area (Å²) in [6, 6.07) is 4.69. The first-order valence-electron chi connectivity index (χ1n) is 4.40. The quantitative estimate of drug-likeness (QED) is 0.696. The Bertz CT molecular complexity index is 281. The molecule has 13 heavy (non-hydrogen) atoms. The topological polar surface area (TPSA) is 9.23 Å². The maximum atomic E-state index is 13.0. The molecule has 0 saturated heterocycles. The summed E-state index contributed by atoms with van der Waals surface area (Å²) in [7, 11) is 0. The second-order valence-corrected chi connectivity index (χ2v) is 3.05. The molecular weight excluding hydrogens is 167 g/mol. The van der Waals surface area contributed by atoms with Crippen molar-refractivity contribution in [2.75, 3.05) is 6.61 Å². The molecule has 0 spiro atoms. The van der Waals surface area contributed by atoms with Crippen molar-refractivity contribution in [1.82, 2.24) is 0 Å². The van der Waals surface area contributed by atoms with Gasteiger partial charge in [0.15, 0.2) is 0 Å². The van der Waals surface area contributed by atoms with Crippen molar-refractivity contribution < 1.29 is 9.13 Å². The highest BCUT2D eigenvalue weighted by Gasteiger charge is 2.04. The predicted octanol–water partition coefficient (Wildman–Crippen LogP) is 3.16. The summed E-state index contributed by atoms with van der Waals surface area (Å²) in [5, 5.41) is 0. The molecule has 1 aromatic carbocycles. The molecule has 0 aliphatic rings. The van der Waals surface area contributed by atoms with E-state index >= 15 is 0 Å². The number of rotatable bonds is 3. The Morgan fingerprint density at radius 3 is 2.69 bits per heavy atom. The Balaban J connectivity index is 2.96. The minimum absolute atomic E-state index is 0.0786. The molecule has 0 heterocycles. The molecule has 1 aromatic rings. The van der Waals surface area contributed by atoms with E-state index in [1.54, 1.807) is 0 Å². The van der Waals surface area contributed by atoms with E-state index in [0.717, 1.165) is 5.56 Å². The summed E-state index contributed by atoms with van der Waals surface area (Å²) >= 11 is 0. The number of benzene rings is 1. The van der Waals surface area contributed by atoms with E-state index in [-0.39, 0.29) is 11.7 Å². The van der Waals surface area contributed by atoms with Crippen molar-refractivity contribution in [3.05, 3.63) is 36.5 Å². The molecule has 0 aliphatic carbocycles. The molecular formula is C11H14FO. The van der Waals surface area contributed by atoms with Gasteiger partial charge >= 0.3 is 0 Å². The van der Waals surface area contributed by atoms with Crippen molar-refractivity contribution in [3.63, 3.8) is 0 Å². The molecule has 0 aliphatic heterocycles. The van der Waals surface area contributed by atoms with Crippen molar-refractivity contribution in [3.8, 4) is 5.75 Å². The molecule has 0 amide bonds. The van der Waals surface area contributed by atoms with Crippen LogP contribution >= 0.6 is 0 Å². The minimum atomic E-state index is -0.267. The molecule has 1 unspecified atom stereocenters. The van der Waals surface area contributed by atoms with Gasteiger partial charge in [-0.15, -0.1) is 0 Å². The van der Waals surface area contributed by atoms with Crippen LogP contribution in [0.3, 0.4) is 0 Å². The van der Waals surface area contributed by atoms with Crippen LogP contribution in [0.25, 0.3) is 0 Å². The smallest absolute Gasteiger partial charge is 0.127 e. The average Bonchev–Trinajstić information content (AvgIpc) is 2.03. The molecule has 0 N–H and O–H groups in total. The van der Waals surface area contributed by atoms with Gasteiger partial charge in [0.1, 0.15) is 11.6 Å². The van der Waals surface area contributed by atoms with Crippen LogP contribution in [-0.2, 0) is 0 Å². The third kappa shape index (κ3) is 2.72. The number of ether oxygens (including phenoxy) is 1. The fraction of sp³-hybridized carbons (Fsp3) is 0.364. The first-order chi connectivity index (χ1) is 6.13. The van der Waals surface area contributed by atoms with E-state index < -0.39 is 0 Å². The largest absolute Gasteiger partial charge is 0.494 e. The van der Waals surface area contributed by atoms with Gasteiger partial charge in [-0.2, -0.15) is 0 Å². The fourth-order valence-electron chi connectivity index (χ4n) is 1.12. The zero-order valence-electron chi connectivity index (χ0n) is 8.01. The second kappa shape index (κ2) is 4.26. The average molecular weight is 181 g/mol. The van der Waals surface area contributed by atoms with Gasteiger partial charge in [-0.3, -0.25) is 0 Å². The lowest BCUT2D eigenvalue weighted by Gasteiger charge is -2.08. The number of hydrogen-bond donors (Lipinski definition) is 0. The van der Waals surface area contributed by atoms with Crippen LogP contribution in [0.2, 0.25) is 0 Å². The van der Waals surface area contributed by atoms with Gasteiger partial charge in [-0.1, -0.05) is 6.92 Å². The molecule has 0 bridgehead atoms. The Hall–Kier alpha value is -1.05. The minimum Gasteiger partial charge on any atom is -0.494 e. The summed E-state index contributed by atoms with van der Waals surface area (Å²) in [5.74, 6) is 0.388. The molecule has 2 heteroatoms. The predicted molar refractivity (Wildman–Crippen MR) is 51.3 cm³/mol. The molecule has 1 nitrogen and oxygen atoms in total. The monoisotopic (exact) mass is 181 g/mol. The van der Waals surface area contributed by atoms with Gasteiger partial charge in [0.25, 0.3) is 0 Å². The van der Waals surface area contributed by atoms with Gasteiger partial charge in [-0.25, -0.2) is 4.39 Å². The van der Waals surface area contributed by atoms with Crippen LogP contribution in [0, 0.1) is 12.7 Å². The van der Waals surface area contributed by atoms with E-state index in [1.165, 1.54) is 12.1 Å². The van der Waals surface area contributed by atoms with Crippen LogP contribution in [-0.4, -0.2) is 6.61 Å². The lowest BCUT2D eigenvalue weighted by molar-refractivity contribution is 0.337. The van der Waals surface area contributed by atoms with Crippen LogP contribution in [0.4, 0.5) is 4.39 Å². The lowest BCUT2D eigenvalue weighted by atomic mass is 10.0. The van der Waals surface area contributed by atoms with Crippen LogP contribution < -0.4 is 4.74 Å². The third-order valence-corrected chi connectivity index (χ3v) is 1.77. The van der Waals surface area contributed by atoms with E-state index in [4.69, 9.17) is 4.74 Å². The highest BCUT2D eigenvalue weighted by Crippen LogP contribution is 2.21. The van der Waals surface area contributed by atoms with Crippen molar-refractivity contribution in [2.45, 2.75) is 19.8 Å². The van der Waals surface area contributed by atoms with Gasteiger partial charge in [0, 0.05) is 6.07 Å². The zero-order chi connectivity index (χ0) is 9.84. The SMILES string of the molecule is [CH2]C(C)c1cc(F)cc(OCC)c1. The molecule has 1 rings (SSSR count). The lowest BCUT2D eigenvalue weighted by Crippen LogP contribution is -1.95. The molecule has 1 radical (unpaired) electrons. The summed E-state index contributed by atoms with van der Waals surface area (Å²) in [6.07, 6.45) is 0. The maximum Gasteiger partial charge on any atom is 0.127 e. The first-order valence-corrected chi connectivity index (χ1v) is 4.40. The third-order valence-electron chi connectivity index (χ3n) is 1.77. The summed E-state index contributed by atoms with van der Waals surface area (Å²) in [5.41, 5.74) is 0.864. The fourth-order valence-corrected chi connectivity index (χ4v) is 1.12. The van der Waals surface area contributed by atoms with E-state index in [9.17, 15) is 4.39 Å². The highest BCUT2D eigenvalue weighted by atomic mass is 19.1. The molecule has 0 aromatic heterocycles. The Morgan fingerprint density at radius 2 is 2.15 bits per heavy atom. The van der Waals surface area contributed by atoms with Crippen LogP contribution in [0.15, 0.2) is 18.2 Å². The molecule has 71 valence electrons. The molecule has 0 fully saturated rings. The molecule has 1 atom stereocenters. The van der Waals surface area contributed by atoms with E-state index in [2.05, 4.69) is 6.92 Å². The van der Waals surface area contributed by atoms with Gasteiger partial charge < -0.3 is 4.74 Å². The van der Waals surface area contributed by atoms with Crippen molar-refractivity contribution >= 4 is 0 Å². The standard InChI is InChI=1S/C11H14FO/c1-4-13-11-6-9(8(2)3)5-10(12)7-11/h5-8H,2,4H2,1,3H3. The van der Waals surface area contributed by atoms with Crippen LogP contribution in [0.1, 0.15) is 25.3 Å². The summed E-state index contributed by atoms with van der Waals surface area (Å²) in [4.78, 5) is 0. The summed E-state index contributed by atoms with van der Waals surface area (Å²) in [6.45, 7) is 8.17. The second-order valence-electron chi connectivity index (χ2n) is 3.05. The van der Waals surface area contributed by atoms with Crippen molar-refractivity contribution in [1.29, 1.82) is 0 Å². The van der Waals surface area contributed by atoms with Gasteiger partial charge in [-0.05, 0) is 37.5 Å². The van der Waals surface area contributed by atoms with E-state index in [1.807, 2.05) is 19.9 Å². The van der Waals surface area contributed by atoms with Crippen LogP contribution in [0.5, 0.6) is 5.75 Å². The first kappa shape index (κ1) is 10.0. The number of hydrogen-bond acceptors (Lipinski definition) is 1. The Labute approximate surface area is 78.5 Å². The van der Waals surface area contributed by atoms with Gasteiger partial charge in [0.05, 0.1) is 6.61 Å². The molecule has 0 saturated carbocycles. The number of halogens is 1. The summed E-state index contributed by atoms with van der Waals surface area (Å²) < 4.78 is 18.2. The Morgan fingerprint density at radius 1 is 1.46 bits per heavy atom. The highest BCUT2D eigenvalue weighted by molar-refractivity contribution is 5.32.